The first-order valence-electron chi connectivity index (χ1n) is 12.4. The van der Waals surface area contributed by atoms with Crippen LogP contribution in [0.1, 0.15) is 48.0 Å². The largest absolute Gasteiger partial charge is 0.497 e. The molecule has 5 rings (SSSR count). The molecule has 0 saturated heterocycles. The van der Waals surface area contributed by atoms with E-state index in [4.69, 9.17) is 19.2 Å². The Kier molecular flexibility index (Phi) is 6.80. The lowest BCUT2D eigenvalue weighted by atomic mass is 9.95. The number of nitrogens with one attached hydrogen (secondary N) is 1. The highest BCUT2D eigenvalue weighted by atomic mass is 16.5. The molecule has 4 aromatic rings. The van der Waals surface area contributed by atoms with Crippen molar-refractivity contribution in [2.45, 2.75) is 45.1 Å². The molecule has 7 heteroatoms. The number of benzene rings is 2. The van der Waals surface area contributed by atoms with Crippen LogP contribution in [0.25, 0.3) is 16.9 Å². The van der Waals surface area contributed by atoms with E-state index in [0.29, 0.717) is 28.9 Å². The van der Waals surface area contributed by atoms with Crippen molar-refractivity contribution in [1.29, 1.82) is 0 Å². The van der Waals surface area contributed by atoms with Crippen LogP contribution in [0.2, 0.25) is 0 Å². The molecule has 1 N–H and O–H groups in total. The summed E-state index contributed by atoms with van der Waals surface area (Å²) < 4.78 is 18.7. The lowest BCUT2D eigenvalue weighted by Crippen LogP contribution is -2.23. The summed E-state index contributed by atoms with van der Waals surface area (Å²) in [6.07, 6.45) is 8.04. The van der Waals surface area contributed by atoms with Crippen LogP contribution in [0.3, 0.4) is 0 Å². The predicted molar refractivity (Wildman–Crippen MR) is 140 cm³/mol. The molecule has 1 fully saturated rings. The van der Waals surface area contributed by atoms with Gasteiger partial charge in [0.05, 0.1) is 14.2 Å². The third-order valence-corrected chi connectivity index (χ3v) is 6.70. The number of anilines is 1. The van der Waals surface area contributed by atoms with Gasteiger partial charge in [-0.3, -0.25) is 4.40 Å². The summed E-state index contributed by atoms with van der Waals surface area (Å²) in [6.45, 7) is 2.06. The number of ether oxygens (including phenoxy) is 3. The van der Waals surface area contributed by atoms with E-state index < -0.39 is 5.97 Å². The molecule has 7 nitrogen and oxygen atoms in total. The molecular formula is C29H31N3O4. The maximum atomic E-state index is 13.2. The van der Waals surface area contributed by atoms with Gasteiger partial charge in [-0.1, -0.05) is 31.4 Å². The Morgan fingerprint density at radius 2 is 1.78 bits per heavy atom. The summed E-state index contributed by atoms with van der Waals surface area (Å²) in [7, 11) is 3.08. The van der Waals surface area contributed by atoms with Crippen LogP contribution in [0.5, 0.6) is 17.2 Å². The minimum atomic E-state index is -0.511. The number of carbonyl (C=O) groups is 1. The number of hydrogen-bond acceptors (Lipinski definition) is 6. The topological polar surface area (TPSA) is 74.1 Å². The Bertz CT molecular complexity index is 1390. The number of aryl methyl sites for hydroxylation is 1. The lowest BCUT2D eigenvalue weighted by Gasteiger charge is -2.24. The number of para-hydroxylation sites is 1. The van der Waals surface area contributed by atoms with Crippen molar-refractivity contribution in [2.24, 2.45) is 0 Å². The second-order valence-corrected chi connectivity index (χ2v) is 9.17. The van der Waals surface area contributed by atoms with Gasteiger partial charge in [-0.15, -0.1) is 0 Å². The van der Waals surface area contributed by atoms with Crippen molar-refractivity contribution < 1.29 is 19.0 Å². The SMILES string of the molecule is COc1ccc(C(=O)Oc2ccccc2-c2nc3cc(C)ccn3c2NC2CCCCC2)c(OC)c1. The first-order valence-corrected chi connectivity index (χ1v) is 12.4. The summed E-state index contributed by atoms with van der Waals surface area (Å²) >= 11 is 0. The minimum Gasteiger partial charge on any atom is -0.497 e. The Hall–Kier alpha value is -4.00. The molecule has 36 heavy (non-hydrogen) atoms. The molecule has 1 saturated carbocycles. The van der Waals surface area contributed by atoms with Crippen molar-refractivity contribution in [3.05, 3.63) is 71.9 Å². The van der Waals surface area contributed by atoms with Crippen LogP contribution < -0.4 is 19.5 Å². The zero-order chi connectivity index (χ0) is 25.1. The van der Waals surface area contributed by atoms with Crippen molar-refractivity contribution in [3.8, 4) is 28.5 Å². The van der Waals surface area contributed by atoms with Crippen LogP contribution in [-0.4, -0.2) is 35.6 Å². The number of esters is 1. The molecule has 0 radical (unpaired) electrons. The highest BCUT2D eigenvalue weighted by Crippen LogP contribution is 2.37. The Morgan fingerprint density at radius 1 is 0.972 bits per heavy atom. The Balaban J connectivity index is 1.54. The van der Waals surface area contributed by atoms with Crippen molar-refractivity contribution in [1.82, 2.24) is 9.38 Å². The van der Waals surface area contributed by atoms with Crippen LogP contribution in [0.4, 0.5) is 5.82 Å². The highest BCUT2D eigenvalue weighted by Gasteiger charge is 2.23. The number of methoxy groups -OCH3 is 2. The second-order valence-electron chi connectivity index (χ2n) is 9.17. The number of fused-ring (bicyclic) bond motifs is 1. The van der Waals surface area contributed by atoms with E-state index in [1.807, 2.05) is 24.4 Å². The van der Waals surface area contributed by atoms with E-state index in [2.05, 4.69) is 28.8 Å². The van der Waals surface area contributed by atoms with Gasteiger partial charge in [-0.2, -0.15) is 0 Å². The smallest absolute Gasteiger partial charge is 0.347 e. The summed E-state index contributed by atoms with van der Waals surface area (Å²) in [6, 6.07) is 17.1. The summed E-state index contributed by atoms with van der Waals surface area (Å²) in [5.41, 5.74) is 3.81. The zero-order valence-corrected chi connectivity index (χ0v) is 20.9. The van der Waals surface area contributed by atoms with Gasteiger partial charge >= 0.3 is 5.97 Å². The number of aromatic nitrogens is 2. The Morgan fingerprint density at radius 3 is 2.56 bits per heavy atom. The summed E-state index contributed by atoms with van der Waals surface area (Å²) in [5, 5.41) is 3.76. The molecule has 0 spiro atoms. The highest BCUT2D eigenvalue weighted by molar-refractivity contribution is 5.95. The standard InChI is InChI=1S/C29H31N3O4/c1-19-15-16-32-26(17-19)31-27(28(32)30-20-9-5-4-6-10-20)22-11-7-8-12-24(22)36-29(33)23-14-13-21(34-2)18-25(23)35-3/h7-8,11-18,20,30H,4-6,9-10H2,1-3H3. The van der Waals surface area contributed by atoms with E-state index in [9.17, 15) is 4.79 Å². The molecule has 0 atom stereocenters. The van der Waals surface area contributed by atoms with Gasteiger partial charge in [-0.05, 0) is 61.7 Å². The monoisotopic (exact) mass is 485 g/mol. The van der Waals surface area contributed by atoms with Crippen LogP contribution in [0, 0.1) is 6.92 Å². The fourth-order valence-corrected chi connectivity index (χ4v) is 4.79. The fraction of sp³-hybridized carbons (Fsp3) is 0.310. The molecular weight excluding hydrogens is 454 g/mol. The van der Waals surface area contributed by atoms with Gasteiger partial charge in [0.15, 0.2) is 0 Å². The van der Waals surface area contributed by atoms with E-state index in [1.165, 1.54) is 26.4 Å². The van der Waals surface area contributed by atoms with Crippen LogP contribution in [-0.2, 0) is 0 Å². The van der Waals surface area contributed by atoms with Gasteiger partial charge in [0.2, 0.25) is 0 Å². The number of imidazole rings is 1. The van der Waals surface area contributed by atoms with E-state index in [0.717, 1.165) is 41.1 Å². The molecule has 0 bridgehead atoms. The van der Waals surface area contributed by atoms with E-state index in [-0.39, 0.29) is 0 Å². The van der Waals surface area contributed by atoms with Crippen molar-refractivity contribution in [2.75, 3.05) is 19.5 Å². The normalized spacial score (nSPS) is 14.0. The zero-order valence-electron chi connectivity index (χ0n) is 20.9. The number of rotatable bonds is 7. The first-order chi connectivity index (χ1) is 17.6. The van der Waals surface area contributed by atoms with Crippen LogP contribution >= 0.6 is 0 Å². The van der Waals surface area contributed by atoms with Crippen molar-refractivity contribution >= 4 is 17.4 Å². The van der Waals surface area contributed by atoms with E-state index >= 15 is 0 Å². The third-order valence-electron chi connectivity index (χ3n) is 6.70. The molecule has 1 aliphatic carbocycles. The molecule has 1 aliphatic rings. The molecule has 186 valence electrons. The van der Waals surface area contributed by atoms with Gasteiger partial charge in [0.1, 0.15) is 40.0 Å². The maximum absolute atomic E-state index is 13.2. The number of hydrogen-bond donors (Lipinski definition) is 1. The van der Waals surface area contributed by atoms with E-state index in [1.54, 1.807) is 31.4 Å². The Labute approximate surface area is 211 Å². The van der Waals surface area contributed by atoms with Crippen LogP contribution in [0.15, 0.2) is 60.8 Å². The molecule has 2 aromatic heterocycles. The molecule has 0 aliphatic heterocycles. The maximum Gasteiger partial charge on any atom is 0.347 e. The lowest BCUT2D eigenvalue weighted by molar-refractivity contribution is 0.0732. The third kappa shape index (κ3) is 4.73. The number of pyridine rings is 1. The molecule has 0 unspecified atom stereocenters. The molecule has 2 heterocycles. The average Bonchev–Trinajstić information content (AvgIpc) is 3.25. The first kappa shape index (κ1) is 23.7. The fourth-order valence-electron chi connectivity index (χ4n) is 4.79. The van der Waals surface area contributed by atoms with Gasteiger partial charge in [0, 0.05) is 23.9 Å². The quantitative estimate of drug-likeness (QED) is 0.245. The summed E-state index contributed by atoms with van der Waals surface area (Å²) in [5.74, 6) is 1.83. The number of carbonyl (C=O) groups excluding carboxylic acids is 1. The van der Waals surface area contributed by atoms with Gasteiger partial charge < -0.3 is 19.5 Å². The van der Waals surface area contributed by atoms with Crippen molar-refractivity contribution in [3.63, 3.8) is 0 Å². The predicted octanol–water partition coefficient (Wildman–Crippen LogP) is 6.29. The van der Waals surface area contributed by atoms with Gasteiger partial charge in [0.25, 0.3) is 0 Å². The molecule has 0 amide bonds. The van der Waals surface area contributed by atoms with Gasteiger partial charge in [-0.25, -0.2) is 9.78 Å². The second kappa shape index (κ2) is 10.3. The average molecular weight is 486 g/mol. The summed E-state index contributed by atoms with van der Waals surface area (Å²) in [4.78, 5) is 18.2. The molecule has 2 aromatic carbocycles. The minimum absolute atomic E-state index is 0.319. The number of nitrogens with zero attached hydrogens (tertiary/aromatic N) is 2.